The minimum absolute atomic E-state index is 0. The molecule has 1 aromatic carbocycles. The molecular formula is C15H17F2IN4. The zero-order valence-electron chi connectivity index (χ0n) is 12.0. The molecule has 0 atom stereocenters. The smallest absolute Gasteiger partial charge is 0.191 e. The third-order valence-corrected chi connectivity index (χ3v) is 2.85. The predicted octanol–water partition coefficient (Wildman–Crippen LogP) is 2.84. The number of rotatable bonds is 4. The maximum atomic E-state index is 13.4. The van der Waals surface area contributed by atoms with Crippen LogP contribution in [0.5, 0.6) is 0 Å². The summed E-state index contributed by atoms with van der Waals surface area (Å²) < 4.78 is 26.2. The lowest BCUT2D eigenvalue weighted by Gasteiger charge is -2.12. The van der Waals surface area contributed by atoms with Crippen LogP contribution in [-0.4, -0.2) is 18.0 Å². The molecule has 0 amide bonds. The highest BCUT2D eigenvalue weighted by molar-refractivity contribution is 14.0. The van der Waals surface area contributed by atoms with Crippen LogP contribution < -0.4 is 10.6 Å². The van der Waals surface area contributed by atoms with Gasteiger partial charge in [-0.3, -0.25) is 9.98 Å². The number of guanidine groups is 1. The number of halogens is 3. The molecule has 0 unspecified atom stereocenters. The molecule has 1 aromatic heterocycles. The Morgan fingerprint density at radius 1 is 1.09 bits per heavy atom. The summed E-state index contributed by atoms with van der Waals surface area (Å²) in [5.41, 5.74) is 1.24. The van der Waals surface area contributed by atoms with E-state index in [1.165, 1.54) is 24.4 Å². The molecule has 0 fully saturated rings. The number of aliphatic imine (C=N–C) groups is 1. The summed E-state index contributed by atoms with van der Waals surface area (Å²) >= 11 is 0. The molecule has 0 bridgehead atoms. The first-order chi connectivity index (χ1) is 10.2. The molecular weight excluding hydrogens is 401 g/mol. The van der Waals surface area contributed by atoms with Gasteiger partial charge in [0, 0.05) is 19.8 Å². The van der Waals surface area contributed by atoms with Crippen molar-refractivity contribution >= 4 is 29.9 Å². The summed E-state index contributed by atoms with van der Waals surface area (Å²) in [6, 6.07) is 9.08. The SMILES string of the molecule is CN=C(NCc1ccc(F)cc1)NCc1ncccc1F.I. The fourth-order valence-electron chi connectivity index (χ4n) is 1.72. The van der Waals surface area contributed by atoms with Crippen LogP contribution in [0.25, 0.3) is 0 Å². The van der Waals surface area contributed by atoms with Crippen molar-refractivity contribution in [3.63, 3.8) is 0 Å². The fourth-order valence-corrected chi connectivity index (χ4v) is 1.72. The van der Waals surface area contributed by atoms with Crippen LogP contribution >= 0.6 is 24.0 Å². The van der Waals surface area contributed by atoms with E-state index < -0.39 is 0 Å². The Bertz CT molecular complexity index is 617. The van der Waals surface area contributed by atoms with Crippen molar-refractivity contribution < 1.29 is 8.78 Å². The van der Waals surface area contributed by atoms with Crippen LogP contribution in [0, 0.1) is 11.6 Å². The van der Waals surface area contributed by atoms with Crippen molar-refractivity contribution in [1.82, 2.24) is 15.6 Å². The van der Waals surface area contributed by atoms with Gasteiger partial charge in [0.25, 0.3) is 0 Å². The topological polar surface area (TPSA) is 49.3 Å². The number of nitrogens with zero attached hydrogens (tertiary/aromatic N) is 2. The highest BCUT2D eigenvalue weighted by Crippen LogP contribution is 2.03. The molecule has 0 saturated carbocycles. The molecule has 2 N–H and O–H groups in total. The molecule has 0 spiro atoms. The Hall–Kier alpha value is -1.77. The maximum absolute atomic E-state index is 13.4. The van der Waals surface area contributed by atoms with Gasteiger partial charge in [-0.2, -0.15) is 0 Å². The summed E-state index contributed by atoms with van der Waals surface area (Å²) in [5, 5.41) is 6.03. The summed E-state index contributed by atoms with van der Waals surface area (Å²) in [6.07, 6.45) is 1.54. The molecule has 4 nitrogen and oxygen atoms in total. The van der Waals surface area contributed by atoms with E-state index >= 15 is 0 Å². The van der Waals surface area contributed by atoms with Crippen LogP contribution in [0.4, 0.5) is 8.78 Å². The third-order valence-electron chi connectivity index (χ3n) is 2.85. The van der Waals surface area contributed by atoms with E-state index in [0.29, 0.717) is 18.2 Å². The molecule has 7 heteroatoms. The van der Waals surface area contributed by atoms with Crippen LogP contribution in [-0.2, 0) is 13.1 Å². The number of pyridine rings is 1. The average Bonchev–Trinajstić information content (AvgIpc) is 2.51. The monoisotopic (exact) mass is 418 g/mol. The van der Waals surface area contributed by atoms with Crippen LogP contribution in [0.15, 0.2) is 47.6 Å². The number of nitrogens with one attached hydrogen (secondary N) is 2. The van der Waals surface area contributed by atoms with Gasteiger partial charge in [-0.1, -0.05) is 12.1 Å². The lowest BCUT2D eigenvalue weighted by molar-refractivity contribution is 0.592. The van der Waals surface area contributed by atoms with Crippen LogP contribution in [0.3, 0.4) is 0 Å². The summed E-state index contributed by atoms with van der Waals surface area (Å²) in [7, 11) is 1.62. The van der Waals surface area contributed by atoms with Gasteiger partial charge in [0.05, 0.1) is 12.2 Å². The van der Waals surface area contributed by atoms with Gasteiger partial charge in [0.15, 0.2) is 5.96 Å². The van der Waals surface area contributed by atoms with Gasteiger partial charge in [0.1, 0.15) is 11.6 Å². The van der Waals surface area contributed by atoms with Gasteiger partial charge in [-0.15, -0.1) is 24.0 Å². The van der Waals surface area contributed by atoms with E-state index in [2.05, 4.69) is 20.6 Å². The molecule has 0 aliphatic rings. The lowest BCUT2D eigenvalue weighted by Crippen LogP contribution is -2.36. The molecule has 0 saturated heterocycles. The molecule has 22 heavy (non-hydrogen) atoms. The zero-order chi connectivity index (χ0) is 15.1. The van der Waals surface area contributed by atoms with E-state index in [1.807, 2.05) is 0 Å². The normalized spacial score (nSPS) is 10.8. The van der Waals surface area contributed by atoms with E-state index in [1.54, 1.807) is 25.2 Å². The Labute approximate surface area is 145 Å². The second kappa shape index (κ2) is 9.29. The molecule has 0 radical (unpaired) electrons. The highest BCUT2D eigenvalue weighted by atomic mass is 127. The predicted molar refractivity (Wildman–Crippen MR) is 93.0 cm³/mol. The second-order valence-electron chi connectivity index (χ2n) is 4.34. The minimum atomic E-state index is -0.362. The van der Waals surface area contributed by atoms with Crippen molar-refractivity contribution in [2.75, 3.05) is 7.05 Å². The molecule has 1 heterocycles. The van der Waals surface area contributed by atoms with Crippen LogP contribution in [0.2, 0.25) is 0 Å². The summed E-state index contributed by atoms with van der Waals surface area (Å²) in [4.78, 5) is 7.99. The molecule has 118 valence electrons. The van der Waals surface area contributed by atoms with Crippen molar-refractivity contribution in [3.05, 3.63) is 65.5 Å². The quantitative estimate of drug-likeness (QED) is 0.456. The Balaban J connectivity index is 0.00000242. The van der Waals surface area contributed by atoms with E-state index in [-0.39, 0.29) is 42.2 Å². The van der Waals surface area contributed by atoms with Crippen molar-refractivity contribution in [3.8, 4) is 0 Å². The van der Waals surface area contributed by atoms with Gasteiger partial charge in [-0.05, 0) is 29.8 Å². The molecule has 0 aliphatic heterocycles. The molecule has 2 rings (SSSR count). The van der Waals surface area contributed by atoms with Crippen molar-refractivity contribution in [1.29, 1.82) is 0 Å². The minimum Gasteiger partial charge on any atom is -0.352 e. The number of benzene rings is 1. The first-order valence-corrected chi connectivity index (χ1v) is 6.47. The Morgan fingerprint density at radius 2 is 1.77 bits per heavy atom. The van der Waals surface area contributed by atoms with E-state index in [4.69, 9.17) is 0 Å². The van der Waals surface area contributed by atoms with Gasteiger partial charge < -0.3 is 10.6 Å². The standard InChI is InChI=1S/C15H16F2N4.HI/c1-18-15(20-9-11-4-6-12(16)7-5-11)21-10-14-13(17)3-2-8-19-14;/h2-8H,9-10H2,1H3,(H2,18,20,21);1H. The number of aromatic nitrogens is 1. The Morgan fingerprint density at radius 3 is 2.41 bits per heavy atom. The summed E-state index contributed by atoms with van der Waals surface area (Å²) in [6.45, 7) is 0.723. The van der Waals surface area contributed by atoms with E-state index in [9.17, 15) is 8.78 Å². The number of hydrogen-bond donors (Lipinski definition) is 2. The van der Waals surface area contributed by atoms with Crippen LogP contribution in [0.1, 0.15) is 11.3 Å². The molecule has 0 aliphatic carbocycles. The zero-order valence-corrected chi connectivity index (χ0v) is 14.3. The van der Waals surface area contributed by atoms with Gasteiger partial charge in [-0.25, -0.2) is 8.78 Å². The first kappa shape index (κ1) is 18.3. The average molecular weight is 418 g/mol. The fraction of sp³-hybridized carbons (Fsp3) is 0.200. The van der Waals surface area contributed by atoms with E-state index in [0.717, 1.165) is 5.56 Å². The molecule has 2 aromatic rings. The first-order valence-electron chi connectivity index (χ1n) is 6.47. The highest BCUT2D eigenvalue weighted by Gasteiger charge is 2.04. The lowest BCUT2D eigenvalue weighted by atomic mass is 10.2. The number of hydrogen-bond acceptors (Lipinski definition) is 2. The third kappa shape index (κ3) is 5.55. The Kier molecular flexibility index (Phi) is 7.72. The van der Waals surface area contributed by atoms with Crippen molar-refractivity contribution in [2.45, 2.75) is 13.1 Å². The summed E-state index contributed by atoms with van der Waals surface area (Å²) in [5.74, 6) is -0.116. The second-order valence-corrected chi connectivity index (χ2v) is 4.34. The van der Waals surface area contributed by atoms with Crippen molar-refractivity contribution in [2.24, 2.45) is 4.99 Å². The van der Waals surface area contributed by atoms with Gasteiger partial charge in [0.2, 0.25) is 0 Å². The largest absolute Gasteiger partial charge is 0.352 e. The van der Waals surface area contributed by atoms with Gasteiger partial charge >= 0.3 is 0 Å². The maximum Gasteiger partial charge on any atom is 0.191 e.